The van der Waals surface area contributed by atoms with Crippen molar-refractivity contribution in [3.8, 4) is 0 Å². The molecule has 0 radical (unpaired) electrons. The van der Waals surface area contributed by atoms with Gasteiger partial charge >= 0.3 is 6.18 Å². The first-order chi connectivity index (χ1) is 19.2. The van der Waals surface area contributed by atoms with Gasteiger partial charge in [-0.1, -0.05) is 66.2 Å². The van der Waals surface area contributed by atoms with E-state index in [9.17, 15) is 31.2 Å². The fraction of sp³-hybridized carbons (Fsp3) is 0.310. The molecule has 3 rings (SSSR count). The van der Waals surface area contributed by atoms with Crippen molar-refractivity contribution in [3.63, 3.8) is 0 Å². The van der Waals surface area contributed by atoms with Gasteiger partial charge in [0.15, 0.2) is 0 Å². The monoisotopic (exact) mass is 653 g/mol. The number of nitrogens with zero attached hydrogens (tertiary/aromatic N) is 2. The summed E-state index contributed by atoms with van der Waals surface area (Å²) in [6.07, 6.45) is -4.74. The molecule has 0 aliphatic rings. The van der Waals surface area contributed by atoms with E-state index in [1.54, 1.807) is 30.3 Å². The number of anilines is 1. The zero-order chi connectivity index (χ0) is 30.4. The first kappa shape index (κ1) is 32.1. The van der Waals surface area contributed by atoms with Crippen molar-refractivity contribution in [2.45, 2.75) is 44.4 Å². The highest BCUT2D eigenvalue weighted by Crippen LogP contribution is 2.33. The van der Waals surface area contributed by atoms with Crippen LogP contribution in [0.5, 0.6) is 0 Å². The fourth-order valence-corrected chi connectivity index (χ4v) is 5.60. The van der Waals surface area contributed by atoms with Crippen LogP contribution in [0.1, 0.15) is 31.9 Å². The maximum absolute atomic E-state index is 13.9. The Bertz CT molecular complexity index is 1450. The van der Waals surface area contributed by atoms with Gasteiger partial charge in [0.1, 0.15) is 12.6 Å². The van der Waals surface area contributed by atoms with E-state index in [1.165, 1.54) is 42.2 Å². The normalized spacial score (nSPS) is 12.6. The van der Waals surface area contributed by atoms with Crippen LogP contribution in [0.25, 0.3) is 0 Å². The standard InChI is InChI=1S/C29H31BrF3N3O4S/c1-20(2)17-34-28(38)21(3)35(18-22-12-14-24(30)15-13-22)27(37)19-36(41(39,40)26-10-5-4-6-11-26)25-9-7-8-23(16-25)29(31,32)33/h4-16,20-21H,17-19H2,1-3H3,(H,34,38). The van der Waals surface area contributed by atoms with Crippen LogP contribution in [0, 0.1) is 5.92 Å². The number of hydrogen-bond acceptors (Lipinski definition) is 4. The molecule has 0 saturated heterocycles. The van der Waals surface area contributed by atoms with Crippen molar-refractivity contribution in [1.29, 1.82) is 0 Å². The van der Waals surface area contributed by atoms with E-state index in [1.807, 2.05) is 13.8 Å². The molecule has 2 amide bonds. The molecule has 220 valence electrons. The fourth-order valence-electron chi connectivity index (χ4n) is 3.91. The van der Waals surface area contributed by atoms with Gasteiger partial charge in [0, 0.05) is 17.6 Å². The molecule has 0 fully saturated rings. The molecule has 12 heteroatoms. The van der Waals surface area contributed by atoms with E-state index >= 15 is 0 Å². The average molecular weight is 655 g/mol. The lowest BCUT2D eigenvalue weighted by Crippen LogP contribution is -2.51. The van der Waals surface area contributed by atoms with Gasteiger partial charge in [-0.15, -0.1) is 0 Å². The minimum Gasteiger partial charge on any atom is -0.354 e. The molecule has 0 aromatic heterocycles. The molecule has 41 heavy (non-hydrogen) atoms. The second-order valence-corrected chi connectivity index (χ2v) is 12.6. The summed E-state index contributed by atoms with van der Waals surface area (Å²) in [5.74, 6) is -1.06. The van der Waals surface area contributed by atoms with Crippen molar-refractivity contribution in [2.75, 3.05) is 17.4 Å². The lowest BCUT2D eigenvalue weighted by atomic mass is 10.1. The Morgan fingerprint density at radius 1 is 0.927 bits per heavy atom. The van der Waals surface area contributed by atoms with Crippen LogP contribution in [-0.2, 0) is 32.3 Å². The Morgan fingerprint density at radius 2 is 1.56 bits per heavy atom. The Hall–Kier alpha value is -3.38. The summed E-state index contributed by atoms with van der Waals surface area (Å²) < 4.78 is 69.5. The predicted octanol–water partition coefficient (Wildman–Crippen LogP) is 5.85. The molecular formula is C29H31BrF3N3O4S. The van der Waals surface area contributed by atoms with Gasteiger partial charge in [0.25, 0.3) is 10.0 Å². The van der Waals surface area contributed by atoms with Crippen molar-refractivity contribution in [2.24, 2.45) is 5.92 Å². The quantitative estimate of drug-likeness (QED) is 0.281. The molecule has 7 nitrogen and oxygen atoms in total. The molecule has 0 aliphatic heterocycles. The van der Waals surface area contributed by atoms with Crippen LogP contribution in [0.15, 0.2) is 88.2 Å². The van der Waals surface area contributed by atoms with Gasteiger partial charge in [-0.3, -0.25) is 13.9 Å². The van der Waals surface area contributed by atoms with Gasteiger partial charge in [0.05, 0.1) is 16.1 Å². The summed E-state index contributed by atoms with van der Waals surface area (Å²) in [4.78, 5) is 27.9. The number of sulfonamides is 1. The number of hydrogen-bond donors (Lipinski definition) is 1. The second kappa shape index (κ2) is 13.5. The van der Waals surface area contributed by atoms with E-state index in [0.717, 1.165) is 16.6 Å². The highest BCUT2D eigenvalue weighted by atomic mass is 79.9. The van der Waals surface area contributed by atoms with Crippen LogP contribution >= 0.6 is 15.9 Å². The van der Waals surface area contributed by atoms with Crippen LogP contribution in [0.2, 0.25) is 0 Å². The van der Waals surface area contributed by atoms with Gasteiger partial charge < -0.3 is 10.2 Å². The van der Waals surface area contributed by atoms with Crippen molar-refractivity contribution in [1.82, 2.24) is 10.2 Å². The third kappa shape index (κ3) is 8.56. The molecule has 1 N–H and O–H groups in total. The summed E-state index contributed by atoms with van der Waals surface area (Å²) in [5.41, 5.74) is -0.733. The van der Waals surface area contributed by atoms with E-state index in [4.69, 9.17) is 0 Å². The molecule has 0 bridgehead atoms. The SMILES string of the molecule is CC(C)CNC(=O)C(C)N(Cc1ccc(Br)cc1)C(=O)CN(c1cccc(C(F)(F)F)c1)S(=O)(=O)c1ccccc1. The number of alkyl halides is 3. The smallest absolute Gasteiger partial charge is 0.354 e. The first-order valence-electron chi connectivity index (χ1n) is 12.8. The largest absolute Gasteiger partial charge is 0.416 e. The minimum atomic E-state index is -4.74. The minimum absolute atomic E-state index is 0.0375. The van der Waals surface area contributed by atoms with E-state index in [-0.39, 0.29) is 23.0 Å². The Balaban J connectivity index is 2.05. The first-order valence-corrected chi connectivity index (χ1v) is 15.0. The van der Waals surface area contributed by atoms with Crippen LogP contribution < -0.4 is 9.62 Å². The van der Waals surface area contributed by atoms with Crippen molar-refractivity contribution < 1.29 is 31.2 Å². The van der Waals surface area contributed by atoms with Crippen LogP contribution in [0.4, 0.5) is 18.9 Å². The van der Waals surface area contributed by atoms with Crippen LogP contribution in [0.3, 0.4) is 0 Å². The number of carbonyl (C=O) groups excluding carboxylic acids is 2. The third-order valence-corrected chi connectivity index (χ3v) is 8.51. The lowest BCUT2D eigenvalue weighted by Gasteiger charge is -2.32. The van der Waals surface area contributed by atoms with Gasteiger partial charge in [-0.25, -0.2) is 8.42 Å². The highest BCUT2D eigenvalue weighted by molar-refractivity contribution is 9.10. The van der Waals surface area contributed by atoms with Crippen molar-refractivity contribution >= 4 is 43.5 Å². The van der Waals surface area contributed by atoms with Crippen molar-refractivity contribution in [3.05, 3.63) is 94.5 Å². The molecule has 3 aromatic rings. The van der Waals surface area contributed by atoms with E-state index in [2.05, 4.69) is 21.2 Å². The Kier molecular flexibility index (Phi) is 10.6. The molecule has 1 unspecified atom stereocenters. The number of nitrogens with one attached hydrogen (secondary N) is 1. The zero-order valence-corrected chi connectivity index (χ0v) is 25.1. The number of carbonyl (C=O) groups is 2. The number of rotatable bonds is 11. The van der Waals surface area contributed by atoms with Gasteiger partial charge in [-0.2, -0.15) is 13.2 Å². The highest BCUT2D eigenvalue weighted by Gasteiger charge is 2.35. The third-order valence-electron chi connectivity index (χ3n) is 6.19. The number of amides is 2. The molecule has 0 heterocycles. The summed E-state index contributed by atoms with van der Waals surface area (Å²) in [6.45, 7) is 4.84. The van der Waals surface area contributed by atoms with Crippen LogP contribution in [-0.4, -0.2) is 44.3 Å². The molecule has 0 spiro atoms. The predicted molar refractivity (Wildman–Crippen MR) is 154 cm³/mol. The maximum atomic E-state index is 13.9. The van der Waals surface area contributed by atoms with E-state index < -0.39 is 46.2 Å². The average Bonchev–Trinajstić information content (AvgIpc) is 2.93. The van der Waals surface area contributed by atoms with Gasteiger partial charge in [-0.05, 0) is 60.9 Å². The summed E-state index contributed by atoms with van der Waals surface area (Å²) >= 11 is 3.35. The Morgan fingerprint density at radius 3 is 2.15 bits per heavy atom. The lowest BCUT2D eigenvalue weighted by molar-refractivity contribution is -0.139. The summed E-state index contributed by atoms with van der Waals surface area (Å²) in [5, 5.41) is 2.78. The van der Waals surface area contributed by atoms with E-state index in [0.29, 0.717) is 22.5 Å². The molecule has 3 aromatic carbocycles. The van der Waals surface area contributed by atoms with Gasteiger partial charge in [0.2, 0.25) is 11.8 Å². The molecular weight excluding hydrogens is 623 g/mol. The maximum Gasteiger partial charge on any atom is 0.416 e. The molecule has 0 saturated carbocycles. The summed E-state index contributed by atoms with van der Waals surface area (Å²) in [7, 11) is -4.48. The second-order valence-electron chi connectivity index (χ2n) is 9.84. The topological polar surface area (TPSA) is 86.8 Å². The molecule has 0 aliphatic carbocycles. The summed E-state index contributed by atoms with van der Waals surface area (Å²) in [6, 6.07) is 16.9. The number of halogens is 4. The molecule has 1 atom stereocenters. The number of benzene rings is 3. The Labute approximate surface area is 246 Å². The zero-order valence-electron chi connectivity index (χ0n) is 22.7.